The summed E-state index contributed by atoms with van der Waals surface area (Å²) in [7, 11) is 0. The quantitative estimate of drug-likeness (QED) is 0.699. The molecular weight excluding hydrogens is 340 g/mol. The fraction of sp³-hybridized carbons (Fsp3) is 0.294. The Morgan fingerprint density at radius 3 is 3.12 bits per heavy atom. The Morgan fingerprint density at radius 1 is 1.36 bits per heavy atom. The van der Waals surface area contributed by atoms with Crippen molar-refractivity contribution in [2.24, 2.45) is 0 Å². The highest BCUT2D eigenvalue weighted by atomic mass is 32.1. The van der Waals surface area contributed by atoms with Gasteiger partial charge in [-0.1, -0.05) is 6.07 Å². The molecular formula is C17H16N4O3S. The lowest BCUT2D eigenvalue weighted by molar-refractivity contribution is -0.132. The van der Waals surface area contributed by atoms with Crippen LogP contribution in [0.2, 0.25) is 0 Å². The number of likely N-dealkylation sites (tertiary alicyclic amines) is 1. The second-order valence-corrected chi connectivity index (χ2v) is 6.52. The molecule has 0 saturated carbocycles. The fourth-order valence-electron chi connectivity index (χ4n) is 2.75. The third-order valence-corrected chi connectivity index (χ3v) is 4.76. The maximum absolute atomic E-state index is 12.3. The average molecular weight is 356 g/mol. The predicted molar refractivity (Wildman–Crippen MR) is 91.3 cm³/mol. The third-order valence-electron chi connectivity index (χ3n) is 4.08. The molecule has 4 rings (SSSR count). The van der Waals surface area contributed by atoms with Crippen molar-refractivity contribution in [3.05, 3.63) is 47.1 Å². The number of amides is 1. The molecule has 0 radical (unpaired) electrons. The van der Waals surface area contributed by atoms with Gasteiger partial charge in [0.05, 0.1) is 5.92 Å². The minimum atomic E-state index is -0.0641. The van der Waals surface area contributed by atoms with Gasteiger partial charge in [0.1, 0.15) is 0 Å². The van der Waals surface area contributed by atoms with Gasteiger partial charge in [0.15, 0.2) is 6.61 Å². The molecule has 1 aliphatic rings. The van der Waals surface area contributed by atoms with Crippen LogP contribution in [0.5, 0.6) is 5.88 Å². The first-order valence-electron chi connectivity index (χ1n) is 7.97. The van der Waals surface area contributed by atoms with Gasteiger partial charge in [-0.25, -0.2) is 4.98 Å². The van der Waals surface area contributed by atoms with Gasteiger partial charge in [0, 0.05) is 36.3 Å². The highest BCUT2D eigenvalue weighted by molar-refractivity contribution is 7.08. The van der Waals surface area contributed by atoms with Crippen molar-refractivity contribution in [2.45, 2.75) is 12.3 Å². The summed E-state index contributed by atoms with van der Waals surface area (Å²) in [6, 6.07) is 7.29. The van der Waals surface area contributed by atoms with Gasteiger partial charge in [-0.05, 0) is 23.9 Å². The van der Waals surface area contributed by atoms with Crippen LogP contribution in [0.15, 0.2) is 45.6 Å². The molecule has 3 aromatic heterocycles. The second-order valence-electron chi connectivity index (χ2n) is 5.74. The maximum Gasteiger partial charge on any atom is 0.260 e. The van der Waals surface area contributed by atoms with Crippen LogP contribution in [0.25, 0.3) is 11.5 Å². The van der Waals surface area contributed by atoms with E-state index in [1.807, 2.05) is 22.9 Å². The molecule has 1 fully saturated rings. The largest absolute Gasteiger partial charge is 0.468 e. The molecule has 128 valence electrons. The van der Waals surface area contributed by atoms with E-state index in [2.05, 4.69) is 15.2 Å². The molecule has 1 amide bonds. The number of ether oxygens (including phenoxy) is 1. The molecule has 0 aromatic carbocycles. The Bertz CT molecular complexity index is 835. The van der Waals surface area contributed by atoms with Gasteiger partial charge < -0.3 is 14.1 Å². The van der Waals surface area contributed by atoms with Crippen LogP contribution in [-0.2, 0) is 4.79 Å². The number of carbonyl (C=O) groups excluding carboxylic acids is 1. The standard InChI is InChI=1S/C17H16N4O3S/c22-15(10-23-14-3-1-2-6-18-14)21-7-4-12(9-21)16-19-20-17(24-16)13-5-8-25-11-13/h1-3,5-6,8,11-12H,4,7,9-10H2. The Kier molecular flexibility index (Phi) is 4.43. The van der Waals surface area contributed by atoms with Gasteiger partial charge >= 0.3 is 0 Å². The molecule has 0 N–H and O–H groups in total. The Balaban J connectivity index is 1.34. The molecule has 1 atom stereocenters. The molecule has 8 heteroatoms. The molecule has 0 bridgehead atoms. The first kappa shape index (κ1) is 15.8. The molecule has 1 aliphatic heterocycles. The number of carbonyl (C=O) groups is 1. The molecule has 7 nitrogen and oxygen atoms in total. The van der Waals surface area contributed by atoms with Crippen molar-refractivity contribution in [1.29, 1.82) is 0 Å². The first-order valence-corrected chi connectivity index (χ1v) is 8.91. The molecule has 1 unspecified atom stereocenters. The number of nitrogens with zero attached hydrogens (tertiary/aromatic N) is 4. The highest BCUT2D eigenvalue weighted by Crippen LogP contribution is 2.29. The average Bonchev–Trinajstić information content (AvgIpc) is 3.40. The van der Waals surface area contributed by atoms with Crippen LogP contribution >= 0.6 is 11.3 Å². The summed E-state index contributed by atoms with van der Waals surface area (Å²) < 4.78 is 11.2. The zero-order valence-electron chi connectivity index (χ0n) is 13.4. The van der Waals surface area contributed by atoms with Gasteiger partial charge in [-0.2, -0.15) is 11.3 Å². The second kappa shape index (κ2) is 7.02. The van der Waals surface area contributed by atoms with Crippen molar-refractivity contribution in [1.82, 2.24) is 20.1 Å². The summed E-state index contributed by atoms with van der Waals surface area (Å²) in [5.74, 6) is 1.56. The van der Waals surface area contributed by atoms with Crippen molar-refractivity contribution >= 4 is 17.2 Å². The van der Waals surface area contributed by atoms with E-state index in [-0.39, 0.29) is 18.4 Å². The van der Waals surface area contributed by atoms with Crippen LogP contribution in [0, 0.1) is 0 Å². The van der Waals surface area contributed by atoms with Gasteiger partial charge in [-0.3, -0.25) is 4.79 Å². The van der Waals surface area contributed by atoms with E-state index in [4.69, 9.17) is 9.15 Å². The lowest BCUT2D eigenvalue weighted by Crippen LogP contribution is -2.33. The number of aromatic nitrogens is 3. The van der Waals surface area contributed by atoms with E-state index >= 15 is 0 Å². The highest BCUT2D eigenvalue weighted by Gasteiger charge is 2.31. The van der Waals surface area contributed by atoms with E-state index in [0.717, 1.165) is 12.0 Å². The summed E-state index contributed by atoms with van der Waals surface area (Å²) in [6.07, 6.45) is 2.44. The number of hydrogen-bond donors (Lipinski definition) is 0. The van der Waals surface area contributed by atoms with Crippen LogP contribution in [0.1, 0.15) is 18.2 Å². The van der Waals surface area contributed by atoms with E-state index in [0.29, 0.717) is 30.8 Å². The van der Waals surface area contributed by atoms with Gasteiger partial charge in [0.25, 0.3) is 5.91 Å². The normalized spacial score (nSPS) is 17.0. The Labute approximate surface area is 148 Å². The van der Waals surface area contributed by atoms with Crippen molar-refractivity contribution in [2.75, 3.05) is 19.7 Å². The molecule has 25 heavy (non-hydrogen) atoms. The number of pyridine rings is 1. The minimum absolute atomic E-state index is 0.0201. The lowest BCUT2D eigenvalue weighted by Gasteiger charge is -2.15. The fourth-order valence-corrected chi connectivity index (χ4v) is 3.38. The number of thiophene rings is 1. The van der Waals surface area contributed by atoms with E-state index < -0.39 is 0 Å². The smallest absolute Gasteiger partial charge is 0.260 e. The van der Waals surface area contributed by atoms with E-state index in [1.165, 1.54) is 0 Å². The Hall–Kier alpha value is -2.74. The van der Waals surface area contributed by atoms with E-state index in [9.17, 15) is 4.79 Å². The molecule has 4 heterocycles. The Morgan fingerprint density at radius 2 is 2.32 bits per heavy atom. The number of rotatable bonds is 5. The molecule has 3 aromatic rings. The lowest BCUT2D eigenvalue weighted by atomic mass is 10.1. The van der Waals surface area contributed by atoms with Crippen molar-refractivity contribution in [3.8, 4) is 17.3 Å². The van der Waals surface area contributed by atoms with Crippen LogP contribution < -0.4 is 4.74 Å². The zero-order chi connectivity index (χ0) is 17.1. The minimum Gasteiger partial charge on any atom is -0.468 e. The summed E-state index contributed by atoms with van der Waals surface area (Å²) >= 11 is 1.58. The van der Waals surface area contributed by atoms with Crippen LogP contribution in [0.3, 0.4) is 0 Å². The predicted octanol–water partition coefficient (Wildman–Crippen LogP) is 2.59. The van der Waals surface area contributed by atoms with Gasteiger partial charge in [0.2, 0.25) is 17.7 Å². The maximum atomic E-state index is 12.3. The first-order chi connectivity index (χ1) is 12.3. The SMILES string of the molecule is O=C(COc1ccccn1)N1CCC(c2nnc(-c3ccsc3)o2)C1. The summed E-state index contributed by atoms with van der Waals surface area (Å²) in [5.41, 5.74) is 0.929. The summed E-state index contributed by atoms with van der Waals surface area (Å²) in [6.45, 7) is 1.20. The zero-order valence-corrected chi connectivity index (χ0v) is 14.2. The van der Waals surface area contributed by atoms with Gasteiger partial charge in [-0.15, -0.1) is 10.2 Å². The molecule has 0 spiro atoms. The van der Waals surface area contributed by atoms with E-state index in [1.54, 1.807) is 34.6 Å². The molecule has 1 saturated heterocycles. The van der Waals surface area contributed by atoms with Crippen LogP contribution in [-0.4, -0.2) is 45.7 Å². The monoisotopic (exact) mass is 356 g/mol. The summed E-state index contributed by atoms with van der Waals surface area (Å²) in [4.78, 5) is 18.1. The molecule has 0 aliphatic carbocycles. The van der Waals surface area contributed by atoms with Crippen molar-refractivity contribution in [3.63, 3.8) is 0 Å². The van der Waals surface area contributed by atoms with Crippen molar-refractivity contribution < 1.29 is 13.9 Å². The third kappa shape index (κ3) is 3.53. The van der Waals surface area contributed by atoms with Crippen LogP contribution in [0.4, 0.5) is 0 Å². The number of hydrogen-bond acceptors (Lipinski definition) is 7. The topological polar surface area (TPSA) is 81.4 Å². The summed E-state index contributed by atoms with van der Waals surface area (Å²) in [5, 5.41) is 12.2.